The summed E-state index contributed by atoms with van der Waals surface area (Å²) in [5.74, 6) is 1.57. The van der Waals surface area contributed by atoms with Gasteiger partial charge in [0, 0.05) is 23.2 Å². The maximum atomic E-state index is 6.20. The van der Waals surface area contributed by atoms with Crippen LogP contribution in [0.5, 0.6) is 5.75 Å². The van der Waals surface area contributed by atoms with Crippen molar-refractivity contribution in [1.82, 2.24) is 20.1 Å². The molecule has 5 nitrogen and oxygen atoms in total. The lowest BCUT2D eigenvalue weighted by Crippen LogP contribution is -2.12. The SMILES string of the molecule is CNCc1c(Cl)cccc1OCc1ncnn1C(C)C. The molecule has 0 fully saturated rings. The molecule has 0 spiro atoms. The topological polar surface area (TPSA) is 52.0 Å². The second-order valence-electron chi connectivity index (χ2n) is 4.75. The number of nitrogens with one attached hydrogen (secondary N) is 1. The summed E-state index contributed by atoms with van der Waals surface area (Å²) < 4.78 is 7.71. The van der Waals surface area contributed by atoms with Gasteiger partial charge < -0.3 is 10.1 Å². The molecule has 20 heavy (non-hydrogen) atoms. The van der Waals surface area contributed by atoms with Gasteiger partial charge in [0.1, 0.15) is 18.7 Å². The van der Waals surface area contributed by atoms with Crippen LogP contribution in [0.3, 0.4) is 0 Å². The summed E-state index contributed by atoms with van der Waals surface area (Å²) in [5, 5.41) is 7.98. The van der Waals surface area contributed by atoms with Crippen LogP contribution in [-0.4, -0.2) is 21.8 Å². The summed E-state index contributed by atoms with van der Waals surface area (Å²) in [6.07, 6.45) is 1.55. The van der Waals surface area contributed by atoms with Crippen molar-refractivity contribution >= 4 is 11.6 Å². The highest BCUT2D eigenvalue weighted by Gasteiger charge is 2.11. The summed E-state index contributed by atoms with van der Waals surface area (Å²) in [6, 6.07) is 5.91. The first kappa shape index (κ1) is 14.8. The Hall–Kier alpha value is -1.59. The van der Waals surface area contributed by atoms with Crippen molar-refractivity contribution < 1.29 is 4.74 Å². The Morgan fingerprint density at radius 2 is 2.20 bits per heavy atom. The molecule has 6 heteroatoms. The third kappa shape index (κ3) is 3.29. The Bertz CT molecular complexity index is 568. The second-order valence-corrected chi connectivity index (χ2v) is 5.16. The van der Waals surface area contributed by atoms with E-state index in [9.17, 15) is 0 Å². The minimum atomic E-state index is 0.257. The predicted molar refractivity (Wildman–Crippen MR) is 79.0 cm³/mol. The molecule has 1 aromatic carbocycles. The van der Waals surface area contributed by atoms with Crippen molar-refractivity contribution in [3.63, 3.8) is 0 Å². The molecule has 2 aromatic rings. The molecule has 0 atom stereocenters. The smallest absolute Gasteiger partial charge is 0.165 e. The molecule has 2 rings (SSSR count). The van der Waals surface area contributed by atoms with Crippen molar-refractivity contribution in [2.45, 2.75) is 33.0 Å². The van der Waals surface area contributed by atoms with Crippen LogP contribution in [0.2, 0.25) is 5.02 Å². The first-order valence-electron chi connectivity index (χ1n) is 6.56. The van der Waals surface area contributed by atoms with Gasteiger partial charge in [-0.05, 0) is 33.0 Å². The zero-order valence-electron chi connectivity index (χ0n) is 11.9. The van der Waals surface area contributed by atoms with Crippen molar-refractivity contribution in [3.05, 3.63) is 40.9 Å². The van der Waals surface area contributed by atoms with Crippen LogP contribution in [0.15, 0.2) is 24.5 Å². The van der Waals surface area contributed by atoms with Crippen LogP contribution in [0, 0.1) is 0 Å². The van der Waals surface area contributed by atoms with Crippen LogP contribution in [0.4, 0.5) is 0 Å². The molecule has 0 aliphatic heterocycles. The molecular weight excluding hydrogens is 276 g/mol. The monoisotopic (exact) mass is 294 g/mol. The van der Waals surface area contributed by atoms with Gasteiger partial charge in [-0.25, -0.2) is 9.67 Å². The first-order chi connectivity index (χ1) is 9.63. The van der Waals surface area contributed by atoms with E-state index in [1.807, 2.05) is 29.9 Å². The maximum Gasteiger partial charge on any atom is 0.165 e. The fourth-order valence-electron chi connectivity index (χ4n) is 1.97. The highest BCUT2D eigenvalue weighted by Crippen LogP contribution is 2.27. The second kappa shape index (κ2) is 6.72. The Morgan fingerprint density at radius 3 is 2.90 bits per heavy atom. The highest BCUT2D eigenvalue weighted by molar-refractivity contribution is 6.31. The van der Waals surface area contributed by atoms with Crippen LogP contribution in [0.1, 0.15) is 31.3 Å². The normalized spacial score (nSPS) is 11.1. The van der Waals surface area contributed by atoms with Gasteiger partial charge in [-0.1, -0.05) is 17.7 Å². The van der Waals surface area contributed by atoms with Gasteiger partial charge in [0.15, 0.2) is 5.82 Å². The van der Waals surface area contributed by atoms with E-state index in [4.69, 9.17) is 16.3 Å². The molecule has 1 N–H and O–H groups in total. The molecule has 0 unspecified atom stereocenters. The van der Waals surface area contributed by atoms with Gasteiger partial charge in [-0.3, -0.25) is 0 Å². The largest absolute Gasteiger partial charge is 0.485 e. The van der Waals surface area contributed by atoms with Gasteiger partial charge in [0.2, 0.25) is 0 Å². The van der Waals surface area contributed by atoms with Crippen molar-refractivity contribution in [2.75, 3.05) is 7.05 Å². The van der Waals surface area contributed by atoms with Crippen molar-refractivity contribution in [3.8, 4) is 5.75 Å². The van der Waals surface area contributed by atoms with Gasteiger partial charge in [0.05, 0.1) is 0 Å². The van der Waals surface area contributed by atoms with E-state index in [-0.39, 0.29) is 6.04 Å². The van der Waals surface area contributed by atoms with Crippen LogP contribution in [-0.2, 0) is 13.2 Å². The minimum absolute atomic E-state index is 0.257. The van der Waals surface area contributed by atoms with Gasteiger partial charge in [-0.2, -0.15) is 5.10 Å². The van der Waals surface area contributed by atoms with Crippen LogP contribution in [0.25, 0.3) is 0 Å². The summed E-state index contributed by atoms with van der Waals surface area (Å²) >= 11 is 6.20. The van der Waals surface area contributed by atoms with E-state index in [1.54, 1.807) is 6.33 Å². The number of hydrogen-bond donors (Lipinski definition) is 1. The fraction of sp³-hybridized carbons (Fsp3) is 0.429. The molecule has 0 radical (unpaired) electrons. The van der Waals surface area contributed by atoms with E-state index >= 15 is 0 Å². The lowest BCUT2D eigenvalue weighted by Gasteiger charge is -2.14. The molecule has 0 amide bonds. The Kier molecular flexibility index (Phi) is 4.98. The third-order valence-corrected chi connectivity index (χ3v) is 3.28. The van der Waals surface area contributed by atoms with Gasteiger partial charge >= 0.3 is 0 Å². The van der Waals surface area contributed by atoms with Crippen molar-refractivity contribution in [2.24, 2.45) is 0 Å². The van der Waals surface area contributed by atoms with E-state index in [2.05, 4.69) is 29.2 Å². The predicted octanol–water partition coefficient (Wildman–Crippen LogP) is 2.81. The summed E-state index contributed by atoms with van der Waals surface area (Å²) in [5.41, 5.74) is 0.951. The minimum Gasteiger partial charge on any atom is -0.485 e. The average Bonchev–Trinajstić information content (AvgIpc) is 2.88. The lowest BCUT2D eigenvalue weighted by atomic mass is 10.2. The molecule has 108 valence electrons. The Balaban J connectivity index is 2.14. The molecule has 0 aliphatic rings. The third-order valence-electron chi connectivity index (χ3n) is 2.92. The Labute approximate surface area is 123 Å². The molecular formula is C14H19ClN4O. The quantitative estimate of drug-likeness (QED) is 0.890. The van der Waals surface area contributed by atoms with E-state index in [0.717, 1.165) is 17.1 Å². The average molecular weight is 295 g/mol. The van der Waals surface area contributed by atoms with E-state index < -0.39 is 0 Å². The first-order valence-corrected chi connectivity index (χ1v) is 6.94. The zero-order valence-corrected chi connectivity index (χ0v) is 12.7. The van der Waals surface area contributed by atoms with Crippen molar-refractivity contribution in [1.29, 1.82) is 0 Å². The zero-order chi connectivity index (χ0) is 14.5. The van der Waals surface area contributed by atoms with E-state index in [1.165, 1.54) is 0 Å². The molecule has 0 bridgehead atoms. The molecule has 0 saturated carbocycles. The fourth-order valence-corrected chi connectivity index (χ4v) is 2.21. The maximum absolute atomic E-state index is 6.20. The number of hydrogen-bond acceptors (Lipinski definition) is 4. The van der Waals surface area contributed by atoms with Gasteiger partial charge in [-0.15, -0.1) is 0 Å². The lowest BCUT2D eigenvalue weighted by molar-refractivity contribution is 0.279. The molecule has 0 saturated heterocycles. The molecule has 0 aliphatic carbocycles. The number of benzene rings is 1. The number of rotatable bonds is 6. The summed E-state index contributed by atoms with van der Waals surface area (Å²) in [6.45, 7) is 5.15. The highest BCUT2D eigenvalue weighted by atomic mass is 35.5. The number of nitrogens with zero attached hydrogens (tertiary/aromatic N) is 3. The van der Waals surface area contributed by atoms with Gasteiger partial charge in [0.25, 0.3) is 0 Å². The molecule has 1 heterocycles. The summed E-state index contributed by atoms with van der Waals surface area (Å²) in [4.78, 5) is 4.23. The summed E-state index contributed by atoms with van der Waals surface area (Å²) in [7, 11) is 1.88. The number of halogens is 1. The van der Waals surface area contributed by atoms with Crippen LogP contribution < -0.4 is 10.1 Å². The molecule has 1 aromatic heterocycles. The Morgan fingerprint density at radius 1 is 1.40 bits per heavy atom. The van der Waals surface area contributed by atoms with E-state index in [0.29, 0.717) is 18.2 Å². The number of aromatic nitrogens is 3. The van der Waals surface area contributed by atoms with Crippen LogP contribution >= 0.6 is 11.6 Å². The number of ether oxygens (including phenoxy) is 1. The standard InChI is InChI=1S/C14H19ClN4O/c1-10(2)19-14(17-9-18-19)8-20-13-6-4-5-12(15)11(13)7-16-3/h4-6,9-10,16H,7-8H2,1-3H3.